The smallest absolute Gasteiger partial charge is 0.257 e. The Kier molecular flexibility index (Phi) is 6.68. The van der Waals surface area contributed by atoms with E-state index in [1.165, 1.54) is 0 Å². The molecule has 0 bridgehead atoms. The first kappa shape index (κ1) is 17.2. The number of alkyl halides is 2. The lowest BCUT2D eigenvalue weighted by molar-refractivity contribution is 0.121. The second-order valence-electron chi connectivity index (χ2n) is 3.55. The van der Waals surface area contributed by atoms with Gasteiger partial charge in [0.25, 0.3) is 6.43 Å². The molecule has 10 heteroatoms. The minimum absolute atomic E-state index is 0. The predicted molar refractivity (Wildman–Crippen MR) is 64.3 cm³/mol. The van der Waals surface area contributed by atoms with Crippen LogP contribution in [0.1, 0.15) is 6.92 Å². The van der Waals surface area contributed by atoms with Gasteiger partial charge >= 0.3 is 0 Å². The van der Waals surface area contributed by atoms with Crippen molar-refractivity contribution in [2.45, 2.75) is 30.8 Å². The Morgan fingerprint density at radius 3 is 2.67 bits per heavy atom. The topological polar surface area (TPSA) is 90.0 Å². The van der Waals surface area contributed by atoms with Crippen LogP contribution in [0.2, 0.25) is 0 Å². The molecule has 0 aliphatic rings. The zero-order valence-corrected chi connectivity index (χ0v) is 11.2. The minimum Gasteiger partial charge on any atom is -0.329 e. The molecule has 0 amide bonds. The summed E-state index contributed by atoms with van der Waals surface area (Å²) >= 11 is 0. The average molecular weight is 305 g/mol. The van der Waals surface area contributed by atoms with E-state index >= 15 is 0 Å². The van der Waals surface area contributed by atoms with Gasteiger partial charge in [0.1, 0.15) is 11.4 Å². The molecule has 0 saturated heterocycles. The summed E-state index contributed by atoms with van der Waals surface area (Å²) in [6.45, 7) is 1.10. The van der Waals surface area contributed by atoms with Crippen molar-refractivity contribution >= 4 is 22.4 Å². The number of rotatable bonds is 6. The van der Waals surface area contributed by atoms with Gasteiger partial charge in [-0.05, 0) is 6.92 Å². The first-order valence-electron chi connectivity index (χ1n) is 4.88. The molecular weight excluding hydrogens is 290 g/mol. The van der Waals surface area contributed by atoms with E-state index in [0.29, 0.717) is 0 Å². The lowest BCUT2D eigenvalue weighted by Crippen LogP contribution is -2.37. The number of aromatic nitrogens is 2. The fourth-order valence-electron chi connectivity index (χ4n) is 1.11. The average Bonchev–Trinajstić information content (AvgIpc) is 2.65. The maximum atomic E-state index is 12.0. The van der Waals surface area contributed by atoms with Crippen molar-refractivity contribution in [3.63, 3.8) is 0 Å². The second kappa shape index (κ2) is 6.98. The van der Waals surface area contributed by atoms with E-state index in [1.807, 2.05) is 0 Å². The molecule has 0 saturated carbocycles. The third kappa shape index (κ3) is 4.84. The van der Waals surface area contributed by atoms with E-state index in [2.05, 4.69) is 9.82 Å². The van der Waals surface area contributed by atoms with E-state index in [0.717, 1.165) is 17.1 Å². The van der Waals surface area contributed by atoms with Crippen molar-refractivity contribution in [1.29, 1.82) is 0 Å². The number of nitrogens with one attached hydrogen (secondary N) is 1. The highest BCUT2D eigenvalue weighted by atomic mass is 35.5. The highest BCUT2D eigenvalue weighted by Crippen LogP contribution is 2.08. The molecule has 0 aliphatic carbocycles. The van der Waals surface area contributed by atoms with Gasteiger partial charge in [0, 0.05) is 18.8 Å². The molecule has 0 aliphatic heterocycles. The zero-order valence-electron chi connectivity index (χ0n) is 9.58. The number of hydrogen-bond donors (Lipinski definition) is 2. The first-order valence-corrected chi connectivity index (χ1v) is 6.36. The van der Waals surface area contributed by atoms with Gasteiger partial charge in [-0.1, -0.05) is 0 Å². The Labute approximate surface area is 110 Å². The Morgan fingerprint density at radius 1 is 1.56 bits per heavy atom. The van der Waals surface area contributed by atoms with Crippen molar-refractivity contribution < 1.29 is 17.2 Å². The standard InChI is InChI=1S/C8H14F2N4O2S.ClH/c1-6(2-11)13-17(15,16)7-3-12-14(4-7)5-8(9)10;/h3-4,6,8,13H,2,5,11H2,1H3;1H/t6-;/m0./s1. The van der Waals surface area contributed by atoms with Crippen molar-refractivity contribution in [1.82, 2.24) is 14.5 Å². The van der Waals surface area contributed by atoms with Crippen molar-refractivity contribution in [2.24, 2.45) is 5.73 Å². The highest BCUT2D eigenvalue weighted by molar-refractivity contribution is 7.89. The van der Waals surface area contributed by atoms with E-state index < -0.39 is 29.0 Å². The van der Waals surface area contributed by atoms with Crippen LogP contribution in [0.4, 0.5) is 8.78 Å². The minimum atomic E-state index is -3.74. The van der Waals surface area contributed by atoms with Crippen LogP contribution in [-0.4, -0.2) is 37.2 Å². The Balaban J connectivity index is 0.00000289. The summed E-state index contributed by atoms with van der Waals surface area (Å²) in [4.78, 5) is -0.154. The normalized spacial score (nSPS) is 13.4. The molecule has 0 unspecified atom stereocenters. The van der Waals surface area contributed by atoms with Crippen molar-refractivity contribution in [3.8, 4) is 0 Å². The van der Waals surface area contributed by atoms with Crippen LogP contribution in [0.3, 0.4) is 0 Å². The quantitative estimate of drug-likeness (QED) is 0.785. The fraction of sp³-hybridized carbons (Fsp3) is 0.625. The van der Waals surface area contributed by atoms with Gasteiger partial charge in [0.05, 0.1) is 6.20 Å². The lowest BCUT2D eigenvalue weighted by Gasteiger charge is -2.10. The zero-order chi connectivity index (χ0) is 13.1. The molecule has 6 nitrogen and oxygen atoms in total. The molecule has 1 rings (SSSR count). The van der Waals surface area contributed by atoms with E-state index in [4.69, 9.17) is 5.73 Å². The molecule has 1 aromatic heterocycles. The van der Waals surface area contributed by atoms with E-state index in [-0.39, 0.29) is 23.8 Å². The summed E-state index contributed by atoms with van der Waals surface area (Å²) in [5, 5.41) is 3.54. The summed E-state index contributed by atoms with van der Waals surface area (Å²) in [7, 11) is -3.74. The number of sulfonamides is 1. The molecule has 106 valence electrons. The summed E-state index contributed by atoms with van der Waals surface area (Å²) in [6, 6.07) is -0.432. The third-order valence-electron chi connectivity index (χ3n) is 1.95. The molecule has 1 atom stereocenters. The molecule has 0 radical (unpaired) electrons. The molecule has 1 heterocycles. The number of nitrogens with zero attached hydrogens (tertiary/aromatic N) is 2. The van der Waals surface area contributed by atoms with Gasteiger partial charge < -0.3 is 5.73 Å². The molecular formula is C8H15ClF2N4O2S. The molecule has 18 heavy (non-hydrogen) atoms. The Bertz CT molecular complexity index is 465. The van der Waals surface area contributed by atoms with Crippen LogP contribution in [-0.2, 0) is 16.6 Å². The number of halogens is 3. The predicted octanol–water partition coefficient (Wildman–Crippen LogP) is 0.196. The van der Waals surface area contributed by atoms with Crippen LogP contribution in [0.5, 0.6) is 0 Å². The van der Waals surface area contributed by atoms with Crippen LogP contribution in [0.15, 0.2) is 17.3 Å². The van der Waals surface area contributed by atoms with Crippen LogP contribution in [0.25, 0.3) is 0 Å². The Morgan fingerprint density at radius 2 is 2.17 bits per heavy atom. The summed E-state index contributed by atoms with van der Waals surface area (Å²) in [5.41, 5.74) is 5.28. The van der Waals surface area contributed by atoms with Gasteiger partial charge in [0.15, 0.2) is 0 Å². The molecule has 1 aromatic rings. The van der Waals surface area contributed by atoms with Gasteiger partial charge in [0.2, 0.25) is 10.0 Å². The fourth-order valence-corrected chi connectivity index (χ4v) is 2.31. The van der Waals surface area contributed by atoms with Gasteiger partial charge in [-0.3, -0.25) is 4.68 Å². The van der Waals surface area contributed by atoms with Crippen molar-refractivity contribution in [3.05, 3.63) is 12.4 Å². The maximum absolute atomic E-state index is 12.0. The number of nitrogens with two attached hydrogens (primary N) is 1. The summed E-state index contributed by atoms with van der Waals surface area (Å²) in [5.74, 6) is 0. The molecule has 0 spiro atoms. The third-order valence-corrected chi connectivity index (χ3v) is 3.50. The van der Waals surface area contributed by atoms with E-state index in [9.17, 15) is 17.2 Å². The van der Waals surface area contributed by atoms with Crippen LogP contribution >= 0.6 is 12.4 Å². The molecule has 0 fully saturated rings. The summed E-state index contributed by atoms with van der Waals surface area (Å²) in [6.07, 6.45) is -0.507. The lowest BCUT2D eigenvalue weighted by atomic mass is 10.4. The SMILES string of the molecule is C[C@@H](CN)NS(=O)(=O)c1cnn(CC(F)F)c1.Cl. The first-order chi connectivity index (χ1) is 7.85. The van der Waals surface area contributed by atoms with Crippen LogP contribution in [0, 0.1) is 0 Å². The Hall–Kier alpha value is -0.770. The van der Waals surface area contributed by atoms with Gasteiger partial charge in [-0.15, -0.1) is 12.4 Å². The van der Waals surface area contributed by atoms with Crippen LogP contribution < -0.4 is 10.5 Å². The molecule has 3 N–H and O–H groups in total. The summed E-state index contributed by atoms with van der Waals surface area (Å²) < 4.78 is 50.7. The second-order valence-corrected chi connectivity index (χ2v) is 5.26. The highest BCUT2D eigenvalue weighted by Gasteiger charge is 2.19. The number of hydrogen-bond acceptors (Lipinski definition) is 4. The van der Waals surface area contributed by atoms with Gasteiger partial charge in [-0.2, -0.15) is 5.10 Å². The van der Waals surface area contributed by atoms with Crippen molar-refractivity contribution in [2.75, 3.05) is 6.54 Å². The monoisotopic (exact) mass is 304 g/mol. The van der Waals surface area contributed by atoms with E-state index in [1.54, 1.807) is 6.92 Å². The van der Waals surface area contributed by atoms with Gasteiger partial charge in [-0.25, -0.2) is 21.9 Å². The maximum Gasteiger partial charge on any atom is 0.257 e. The molecule has 0 aromatic carbocycles. The largest absolute Gasteiger partial charge is 0.329 e.